The number of para-hydroxylation sites is 1. The monoisotopic (exact) mass is 456 g/mol. The Morgan fingerprint density at radius 2 is 1.59 bits per heavy atom. The van der Waals surface area contributed by atoms with Crippen molar-refractivity contribution in [3.63, 3.8) is 0 Å². The van der Waals surface area contributed by atoms with E-state index in [1.54, 1.807) is 48.5 Å². The molecule has 3 aromatic rings. The van der Waals surface area contributed by atoms with E-state index in [0.29, 0.717) is 22.9 Å². The first-order valence-electron chi connectivity index (χ1n) is 9.63. The number of nitrogens with one attached hydrogen (secondary N) is 2. The van der Waals surface area contributed by atoms with Gasteiger partial charge >= 0.3 is 0 Å². The summed E-state index contributed by atoms with van der Waals surface area (Å²) in [5.74, 6) is 0.823. The quantitative estimate of drug-likeness (QED) is 0.507. The van der Waals surface area contributed by atoms with Crippen molar-refractivity contribution in [3.05, 3.63) is 66.7 Å². The fourth-order valence-corrected chi connectivity index (χ4v) is 4.54. The van der Waals surface area contributed by atoms with Crippen LogP contribution in [0.1, 0.15) is 0 Å². The van der Waals surface area contributed by atoms with Crippen LogP contribution >= 0.6 is 0 Å². The molecule has 0 aliphatic carbocycles. The number of hydrogen-bond acceptors (Lipinski definition) is 7. The van der Waals surface area contributed by atoms with Crippen molar-refractivity contribution in [1.29, 1.82) is 0 Å². The smallest absolute Gasteiger partial charge is 0.243 e. The molecular formula is C23H24N2O6S. The van der Waals surface area contributed by atoms with E-state index in [0.717, 1.165) is 0 Å². The molecule has 0 aromatic heterocycles. The zero-order valence-corrected chi connectivity index (χ0v) is 18.7. The molecule has 2 N–H and O–H groups in total. The molecule has 0 unspecified atom stereocenters. The largest absolute Gasteiger partial charge is 0.497 e. The van der Waals surface area contributed by atoms with E-state index in [9.17, 15) is 13.2 Å². The van der Waals surface area contributed by atoms with Gasteiger partial charge in [0.25, 0.3) is 0 Å². The number of methoxy groups -OCH3 is 3. The number of hydrogen-bond donors (Lipinski definition) is 2. The summed E-state index contributed by atoms with van der Waals surface area (Å²) in [4.78, 5) is 12.7. The first-order chi connectivity index (χ1) is 15.4. The third-order valence-electron chi connectivity index (χ3n) is 4.65. The summed E-state index contributed by atoms with van der Waals surface area (Å²) in [6.45, 7) is -0.125. The van der Waals surface area contributed by atoms with Crippen molar-refractivity contribution in [2.75, 3.05) is 38.5 Å². The van der Waals surface area contributed by atoms with Gasteiger partial charge < -0.3 is 24.8 Å². The molecule has 0 saturated heterocycles. The van der Waals surface area contributed by atoms with Crippen LogP contribution in [0, 0.1) is 0 Å². The minimum Gasteiger partial charge on any atom is -0.497 e. The number of carbonyl (C=O) groups is 1. The summed E-state index contributed by atoms with van der Waals surface area (Å²) < 4.78 is 41.9. The molecule has 8 nitrogen and oxygen atoms in total. The molecule has 0 spiro atoms. The van der Waals surface area contributed by atoms with Gasteiger partial charge in [-0.05, 0) is 36.4 Å². The maximum atomic E-state index is 13.1. The highest BCUT2D eigenvalue weighted by molar-refractivity contribution is 7.91. The Balaban J connectivity index is 1.79. The van der Waals surface area contributed by atoms with Gasteiger partial charge in [0, 0.05) is 6.07 Å². The molecule has 168 valence electrons. The van der Waals surface area contributed by atoms with Gasteiger partial charge in [-0.15, -0.1) is 0 Å². The van der Waals surface area contributed by atoms with Gasteiger partial charge in [-0.25, -0.2) is 8.42 Å². The van der Waals surface area contributed by atoms with Crippen LogP contribution < -0.4 is 24.8 Å². The van der Waals surface area contributed by atoms with E-state index in [-0.39, 0.29) is 28.0 Å². The SMILES string of the molecule is COc1ccc(NC(=O)CNc2cccc(S(=O)(=O)c3ccccc3)c2OC)c(OC)c1. The minimum absolute atomic E-state index is 0.00781. The maximum absolute atomic E-state index is 13.1. The Hall–Kier alpha value is -3.72. The van der Waals surface area contributed by atoms with Gasteiger partial charge in [0.1, 0.15) is 16.4 Å². The van der Waals surface area contributed by atoms with E-state index in [2.05, 4.69) is 10.6 Å². The lowest BCUT2D eigenvalue weighted by atomic mass is 10.2. The van der Waals surface area contributed by atoms with Gasteiger partial charge in [0.15, 0.2) is 5.75 Å². The summed E-state index contributed by atoms with van der Waals surface area (Å²) in [5, 5.41) is 5.69. The average Bonchev–Trinajstić information content (AvgIpc) is 2.83. The highest BCUT2D eigenvalue weighted by atomic mass is 32.2. The van der Waals surface area contributed by atoms with Crippen molar-refractivity contribution in [1.82, 2.24) is 0 Å². The topological polar surface area (TPSA) is 103 Å². The van der Waals surface area contributed by atoms with Gasteiger partial charge in [0.2, 0.25) is 15.7 Å². The first kappa shape index (κ1) is 23.0. The third-order valence-corrected chi connectivity index (χ3v) is 6.44. The Kier molecular flexibility index (Phi) is 7.21. The number of sulfone groups is 1. The molecule has 0 radical (unpaired) electrons. The van der Waals surface area contributed by atoms with Crippen LogP contribution in [0.15, 0.2) is 76.5 Å². The van der Waals surface area contributed by atoms with E-state index in [4.69, 9.17) is 14.2 Å². The number of ether oxygens (including phenoxy) is 3. The van der Waals surface area contributed by atoms with Gasteiger partial charge in [-0.3, -0.25) is 4.79 Å². The molecule has 9 heteroatoms. The van der Waals surface area contributed by atoms with Crippen LogP contribution in [-0.4, -0.2) is 42.2 Å². The first-order valence-corrected chi connectivity index (χ1v) is 11.1. The zero-order chi connectivity index (χ0) is 23.1. The molecule has 3 rings (SSSR count). The average molecular weight is 457 g/mol. The maximum Gasteiger partial charge on any atom is 0.243 e. The summed E-state index contributed by atoms with van der Waals surface area (Å²) in [6.07, 6.45) is 0. The zero-order valence-electron chi connectivity index (χ0n) is 17.9. The molecule has 0 saturated carbocycles. The van der Waals surface area contributed by atoms with Crippen molar-refractivity contribution in [3.8, 4) is 17.2 Å². The van der Waals surface area contributed by atoms with E-state index >= 15 is 0 Å². The predicted octanol–water partition coefficient (Wildman–Crippen LogP) is 3.60. The second kappa shape index (κ2) is 10.1. The second-order valence-corrected chi connectivity index (χ2v) is 8.54. The molecule has 0 heterocycles. The molecule has 32 heavy (non-hydrogen) atoms. The lowest BCUT2D eigenvalue weighted by molar-refractivity contribution is -0.114. The van der Waals surface area contributed by atoms with Crippen LogP contribution in [-0.2, 0) is 14.6 Å². The standard InChI is InChI=1S/C23H24N2O6S/c1-29-16-12-13-18(20(14-16)30-2)25-22(26)15-24-19-10-7-11-21(23(19)31-3)32(27,28)17-8-5-4-6-9-17/h4-14,24H,15H2,1-3H3,(H,25,26). The lowest BCUT2D eigenvalue weighted by Crippen LogP contribution is -2.22. The highest BCUT2D eigenvalue weighted by Gasteiger charge is 2.24. The number of benzene rings is 3. The molecule has 0 aliphatic rings. The van der Waals surface area contributed by atoms with E-state index < -0.39 is 9.84 Å². The lowest BCUT2D eigenvalue weighted by Gasteiger charge is -2.16. The van der Waals surface area contributed by atoms with E-state index in [1.165, 1.54) is 39.5 Å². The number of amides is 1. The number of rotatable bonds is 9. The molecular weight excluding hydrogens is 432 g/mol. The van der Waals surface area contributed by atoms with Gasteiger partial charge in [0.05, 0.1) is 44.1 Å². The molecule has 3 aromatic carbocycles. The summed E-state index contributed by atoms with van der Waals surface area (Å²) >= 11 is 0. The third kappa shape index (κ3) is 4.94. The fourth-order valence-electron chi connectivity index (χ4n) is 3.08. The van der Waals surface area contributed by atoms with Gasteiger partial charge in [-0.1, -0.05) is 24.3 Å². The van der Waals surface area contributed by atoms with Crippen molar-refractivity contribution in [2.45, 2.75) is 9.79 Å². The Labute approximate surface area is 187 Å². The Bertz CT molecular complexity index is 1200. The van der Waals surface area contributed by atoms with Crippen molar-refractivity contribution >= 4 is 27.1 Å². The molecule has 0 aliphatic heterocycles. The van der Waals surface area contributed by atoms with Gasteiger partial charge in [-0.2, -0.15) is 0 Å². The van der Waals surface area contributed by atoms with Crippen LogP contribution in [0.2, 0.25) is 0 Å². The van der Waals surface area contributed by atoms with Crippen LogP contribution in [0.3, 0.4) is 0 Å². The summed E-state index contributed by atoms with van der Waals surface area (Å²) in [7, 11) is 0.611. The minimum atomic E-state index is -3.80. The summed E-state index contributed by atoms with van der Waals surface area (Å²) in [5.41, 5.74) is 0.855. The van der Waals surface area contributed by atoms with Crippen LogP contribution in [0.5, 0.6) is 17.2 Å². The number of carbonyl (C=O) groups excluding carboxylic acids is 1. The Morgan fingerprint density at radius 1 is 0.844 bits per heavy atom. The highest BCUT2D eigenvalue weighted by Crippen LogP contribution is 2.35. The Morgan fingerprint density at radius 3 is 2.25 bits per heavy atom. The molecule has 0 fully saturated rings. The van der Waals surface area contributed by atoms with E-state index in [1.807, 2.05) is 0 Å². The van der Waals surface area contributed by atoms with Crippen LogP contribution in [0.25, 0.3) is 0 Å². The molecule has 1 amide bonds. The normalized spacial score (nSPS) is 10.8. The molecule has 0 bridgehead atoms. The fraction of sp³-hybridized carbons (Fsp3) is 0.174. The van der Waals surface area contributed by atoms with Crippen molar-refractivity contribution < 1.29 is 27.4 Å². The second-order valence-electron chi connectivity index (χ2n) is 6.62. The number of anilines is 2. The summed E-state index contributed by atoms with van der Waals surface area (Å²) in [6, 6.07) is 17.8. The predicted molar refractivity (Wildman–Crippen MR) is 122 cm³/mol. The molecule has 0 atom stereocenters. The van der Waals surface area contributed by atoms with Crippen LogP contribution in [0.4, 0.5) is 11.4 Å². The van der Waals surface area contributed by atoms with Crippen molar-refractivity contribution in [2.24, 2.45) is 0 Å².